The molecule has 2 saturated heterocycles. The molecule has 6 unspecified atom stereocenters. The Morgan fingerprint density at radius 2 is 0.860 bits per heavy atom. The standard InChI is InChI=1S/C44H74N4O2/c1-3-7-41(8-4-1)47-29-37-27-39(19-21-43(37)49-31-47)45-25-23-33-11-15-35(16-12-33)36-17-13-34(14-18-36)24-26-46-40-20-22-44-38(28-40)30-48(32-50-44)42-9-5-2-6-10-42/h25-26,33-44H,1-24,27-32H2. The molecule has 0 aromatic rings. The molecule has 282 valence electrons. The van der Waals surface area contributed by atoms with Crippen LogP contribution < -0.4 is 0 Å². The van der Waals surface area contributed by atoms with E-state index in [2.05, 4.69) is 22.2 Å². The topological polar surface area (TPSA) is 49.7 Å². The summed E-state index contributed by atoms with van der Waals surface area (Å²) in [6, 6.07) is 2.65. The van der Waals surface area contributed by atoms with Crippen LogP contribution in [-0.4, -0.2) is 85.2 Å². The van der Waals surface area contributed by atoms with Crippen LogP contribution in [0.2, 0.25) is 0 Å². The summed E-state index contributed by atoms with van der Waals surface area (Å²) in [5.74, 6) is 5.15. The Morgan fingerprint density at radius 3 is 1.28 bits per heavy atom. The minimum Gasteiger partial charge on any atom is -0.362 e. The second-order valence-electron chi connectivity index (χ2n) is 18.9. The molecule has 0 amide bonds. The van der Waals surface area contributed by atoms with E-state index < -0.39 is 0 Å². The quantitative estimate of drug-likeness (QED) is 0.226. The van der Waals surface area contributed by atoms with Crippen molar-refractivity contribution < 1.29 is 9.47 Å². The summed E-state index contributed by atoms with van der Waals surface area (Å²) in [5.41, 5.74) is 0. The first-order chi connectivity index (χ1) is 24.7. The third-order valence-electron chi connectivity index (χ3n) is 15.8. The summed E-state index contributed by atoms with van der Waals surface area (Å²) in [5, 5.41) is 0. The lowest BCUT2D eigenvalue weighted by molar-refractivity contribution is -0.135. The normalized spacial score (nSPS) is 42.1. The van der Waals surface area contributed by atoms with Gasteiger partial charge in [-0.15, -0.1) is 0 Å². The van der Waals surface area contributed by atoms with Crippen molar-refractivity contribution in [3.8, 4) is 0 Å². The van der Waals surface area contributed by atoms with Crippen LogP contribution in [0.5, 0.6) is 0 Å². The highest BCUT2D eigenvalue weighted by molar-refractivity contribution is 5.58. The van der Waals surface area contributed by atoms with Gasteiger partial charge in [0.2, 0.25) is 0 Å². The van der Waals surface area contributed by atoms with E-state index in [0.29, 0.717) is 36.1 Å². The summed E-state index contributed by atoms with van der Waals surface area (Å²) in [6.07, 6.45) is 41.3. The Bertz CT molecular complexity index is 986. The molecule has 6 atom stereocenters. The molecule has 8 rings (SSSR count). The fourth-order valence-electron chi connectivity index (χ4n) is 12.5. The largest absolute Gasteiger partial charge is 0.362 e. The van der Waals surface area contributed by atoms with Crippen LogP contribution in [0, 0.1) is 35.5 Å². The predicted molar refractivity (Wildman–Crippen MR) is 206 cm³/mol. The molecule has 0 spiro atoms. The van der Waals surface area contributed by atoms with Crippen molar-refractivity contribution in [2.45, 2.75) is 203 Å². The van der Waals surface area contributed by atoms with Gasteiger partial charge in [-0.05, 0) is 176 Å². The van der Waals surface area contributed by atoms with Crippen molar-refractivity contribution in [3.63, 3.8) is 0 Å². The second kappa shape index (κ2) is 18.0. The molecular weight excluding hydrogens is 617 g/mol. The van der Waals surface area contributed by atoms with Crippen molar-refractivity contribution in [2.75, 3.05) is 26.6 Å². The van der Waals surface area contributed by atoms with Crippen molar-refractivity contribution in [3.05, 3.63) is 0 Å². The number of fused-ring (bicyclic) bond motifs is 2. The molecule has 8 fully saturated rings. The van der Waals surface area contributed by atoms with Crippen LogP contribution in [0.3, 0.4) is 0 Å². The van der Waals surface area contributed by atoms with Crippen molar-refractivity contribution in [1.29, 1.82) is 0 Å². The molecular formula is C44H74N4O2. The van der Waals surface area contributed by atoms with Crippen LogP contribution in [-0.2, 0) is 9.47 Å². The average molecular weight is 691 g/mol. The molecule has 6 heteroatoms. The van der Waals surface area contributed by atoms with Gasteiger partial charge < -0.3 is 9.47 Å². The highest BCUT2D eigenvalue weighted by Gasteiger charge is 2.39. The second-order valence-corrected chi connectivity index (χ2v) is 18.9. The van der Waals surface area contributed by atoms with Crippen molar-refractivity contribution in [2.24, 2.45) is 45.5 Å². The maximum absolute atomic E-state index is 6.40. The number of hydrogen-bond donors (Lipinski definition) is 0. The van der Waals surface area contributed by atoms with Gasteiger partial charge in [-0.2, -0.15) is 0 Å². The molecule has 0 aromatic carbocycles. The Hall–Kier alpha value is -0.820. The Balaban J connectivity index is 0.696. The third kappa shape index (κ3) is 9.45. The monoisotopic (exact) mass is 691 g/mol. The molecule has 8 aliphatic rings. The van der Waals surface area contributed by atoms with Gasteiger partial charge in [0.15, 0.2) is 0 Å². The highest BCUT2D eigenvalue weighted by atomic mass is 16.5. The smallest absolute Gasteiger partial charge is 0.0996 e. The molecule has 50 heavy (non-hydrogen) atoms. The van der Waals surface area contributed by atoms with E-state index in [4.69, 9.17) is 19.5 Å². The fourth-order valence-corrected chi connectivity index (χ4v) is 12.5. The summed E-state index contributed by atoms with van der Waals surface area (Å²) in [7, 11) is 0. The molecule has 0 bridgehead atoms. The van der Waals surface area contributed by atoms with Crippen LogP contribution in [0.15, 0.2) is 9.98 Å². The number of rotatable bonds is 9. The molecule has 6 saturated carbocycles. The lowest BCUT2D eigenvalue weighted by Crippen LogP contribution is -2.52. The molecule has 0 N–H and O–H groups in total. The zero-order valence-electron chi connectivity index (χ0n) is 31.9. The van der Waals surface area contributed by atoms with Gasteiger partial charge in [0.1, 0.15) is 0 Å². The highest BCUT2D eigenvalue weighted by Crippen LogP contribution is 2.43. The average Bonchev–Trinajstić information content (AvgIpc) is 3.18. The molecule has 2 aliphatic heterocycles. The van der Waals surface area contributed by atoms with E-state index in [1.807, 2.05) is 0 Å². The molecule has 0 aromatic heterocycles. The zero-order valence-corrected chi connectivity index (χ0v) is 31.9. The van der Waals surface area contributed by atoms with E-state index in [1.54, 1.807) is 0 Å². The lowest BCUT2D eigenvalue weighted by atomic mass is 9.68. The Labute approximate surface area is 306 Å². The number of nitrogens with zero attached hydrogens (tertiary/aromatic N) is 4. The lowest BCUT2D eigenvalue weighted by Gasteiger charge is -2.46. The van der Waals surface area contributed by atoms with Crippen LogP contribution in [0.4, 0.5) is 0 Å². The van der Waals surface area contributed by atoms with E-state index in [1.165, 1.54) is 180 Å². The van der Waals surface area contributed by atoms with Gasteiger partial charge in [0.05, 0.1) is 37.8 Å². The molecule has 6 aliphatic carbocycles. The maximum atomic E-state index is 6.40. The van der Waals surface area contributed by atoms with Gasteiger partial charge in [-0.3, -0.25) is 19.8 Å². The first-order valence-electron chi connectivity index (χ1n) is 22.5. The number of aliphatic imine (C=N–C) groups is 2. The molecule has 6 nitrogen and oxygen atoms in total. The first kappa shape index (κ1) is 36.2. The van der Waals surface area contributed by atoms with Crippen LogP contribution in [0.1, 0.15) is 167 Å². The van der Waals surface area contributed by atoms with Gasteiger partial charge >= 0.3 is 0 Å². The van der Waals surface area contributed by atoms with Crippen LogP contribution in [0.25, 0.3) is 0 Å². The SMILES string of the molecule is C(CC1CCC(C2CCC(CC=NC3CCC4OCN(C5CCCCC5)CC4C3)CC2)CC1)=NC1CCC2OCN(C3CCCCC3)CC2C1. The molecule has 2 heterocycles. The van der Waals surface area contributed by atoms with Gasteiger partial charge in [-0.25, -0.2) is 0 Å². The van der Waals surface area contributed by atoms with E-state index >= 15 is 0 Å². The summed E-state index contributed by atoms with van der Waals surface area (Å²) >= 11 is 0. The van der Waals surface area contributed by atoms with Crippen LogP contribution >= 0.6 is 0 Å². The van der Waals surface area contributed by atoms with Gasteiger partial charge in [0.25, 0.3) is 0 Å². The van der Waals surface area contributed by atoms with Gasteiger partial charge in [0, 0.05) is 25.2 Å². The number of hydrogen-bond acceptors (Lipinski definition) is 6. The summed E-state index contributed by atoms with van der Waals surface area (Å²) in [4.78, 5) is 15.8. The van der Waals surface area contributed by atoms with Gasteiger partial charge in [-0.1, -0.05) is 38.5 Å². The van der Waals surface area contributed by atoms with E-state index in [-0.39, 0.29) is 0 Å². The summed E-state index contributed by atoms with van der Waals surface area (Å²) in [6.45, 7) is 4.29. The van der Waals surface area contributed by atoms with Crippen molar-refractivity contribution >= 4 is 12.4 Å². The first-order valence-corrected chi connectivity index (χ1v) is 22.5. The maximum Gasteiger partial charge on any atom is 0.0996 e. The minimum absolute atomic E-state index is 0.499. The fraction of sp³-hybridized carbons (Fsp3) is 0.955. The Kier molecular flexibility index (Phi) is 13.0. The van der Waals surface area contributed by atoms with Crippen molar-refractivity contribution in [1.82, 2.24) is 9.80 Å². The van der Waals surface area contributed by atoms with E-state index in [9.17, 15) is 0 Å². The summed E-state index contributed by atoms with van der Waals surface area (Å²) < 4.78 is 12.8. The molecule has 0 radical (unpaired) electrons. The van der Waals surface area contributed by atoms with E-state index in [0.717, 1.165) is 49.2 Å². The zero-order chi connectivity index (χ0) is 33.5. The minimum atomic E-state index is 0.499. The number of ether oxygens (including phenoxy) is 2. The Morgan fingerprint density at radius 1 is 0.440 bits per heavy atom. The predicted octanol–water partition coefficient (Wildman–Crippen LogP) is 9.84. The third-order valence-corrected chi connectivity index (χ3v) is 15.8.